The van der Waals surface area contributed by atoms with Crippen molar-refractivity contribution in [2.45, 2.75) is 31.7 Å². The number of rotatable bonds is 2. The van der Waals surface area contributed by atoms with Crippen LogP contribution in [0.4, 0.5) is 0 Å². The van der Waals surface area contributed by atoms with Gasteiger partial charge in [-0.2, -0.15) is 0 Å². The van der Waals surface area contributed by atoms with Crippen LogP contribution in [0.25, 0.3) is 0 Å². The molecular formula is C11H14ClNO. The monoisotopic (exact) mass is 211 g/mol. The van der Waals surface area contributed by atoms with Gasteiger partial charge in [-0.05, 0) is 21.7 Å². The molecule has 76 valence electrons. The third kappa shape index (κ3) is 2.55. The molecule has 0 saturated heterocycles. The van der Waals surface area contributed by atoms with Gasteiger partial charge in [-0.3, -0.25) is 0 Å². The van der Waals surface area contributed by atoms with Crippen LogP contribution in [0.2, 0.25) is 0 Å². The Labute approximate surface area is 89.3 Å². The molecule has 0 saturated carbocycles. The van der Waals surface area contributed by atoms with Crippen molar-refractivity contribution >= 4 is 11.6 Å². The lowest BCUT2D eigenvalue weighted by atomic mass is 9.87. The summed E-state index contributed by atoms with van der Waals surface area (Å²) in [5.41, 5.74) is 1.31. The van der Waals surface area contributed by atoms with Crippen molar-refractivity contribution in [3.63, 3.8) is 0 Å². The second-order valence-electron chi connectivity index (χ2n) is 4.31. The van der Waals surface area contributed by atoms with Crippen LogP contribution < -0.4 is 0 Å². The molecular weight excluding hydrogens is 198 g/mol. The summed E-state index contributed by atoms with van der Waals surface area (Å²) in [6.07, 6.45) is 0. The number of benzene rings is 1. The number of halogens is 1. The second kappa shape index (κ2) is 4.09. The zero-order chi connectivity index (χ0) is 10.8. The van der Waals surface area contributed by atoms with Crippen molar-refractivity contribution < 1.29 is 0 Å². The largest absolute Gasteiger partial charge is 0.190 e. The Morgan fingerprint density at radius 1 is 1.21 bits per heavy atom. The van der Waals surface area contributed by atoms with E-state index < -0.39 is 5.50 Å². The first kappa shape index (κ1) is 11.2. The normalized spacial score (nSPS) is 13.7. The Morgan fingerprint density at radius 2 is 1.71 bits per heavy atom. The number of hydrogen-bond acceptors (Lipinski definition) is 2. The Kier molecular flexibility index (Phi) is 3.27. The van der Waals surface area contributed by atoms with Crippen LogP contribution in [0.1, 0.15) is 37.4 Å². The van der Waals surface area contributed by atoms with Crippen LogP contribution in [0.15, 0.2) is 29.4 Å². The summed E-state index contributed by atoms with van der Waals surface area (Å²) in [6, 6.07) is 7.66. The van der Waals surface area contributed by atoms with Crippen molar-refractivity contribution in [2.24, 2.45) is 5.18 Å². The predicted octanol–water partition coefficient (Wildman–Crippen LogP) is 3.99. The standard InChI is InChI=1S/C11H14ClNO/c1-11(2,3)9-6-4-8(5-7-9)10(12)13-14/h4-7,10H,1-3H3. The predicted molar refractivity (Wildman–Crippen MR) is 59.5 cm³/mol. The van der Waals surface area contributed by atoms with E-state index >= 15 is 0 Å². The molecule has 2 nitrogen and oxygen atoms in total. The van der Waals surface area contributed by atoms with E-state index in [9.17, 15) is 4.91 Å². The van der Waals surface area contributed by atoms with Crippen molar-refractivity contribution in [1.29, 1.82) is 0 Å². The Morgan fingerprint density at radius 3 is 2.07 bits per heavy atom. The Bertz CT molecular complexity index is 313. The van der Waals surface area contributed by atoms with E-state index in [1.54, 1.807) is 0 Å². The van der Waals surface area contributed by atoms with Gasteiger partial charge in [0.2, 0.25) is 0 Å². The lowest BCUT2D eigenvalue weighted by Crippen LogP contribution is -2.10. The maximum atomic E-state index is 10.2. The molecule has 0 radical (unpaired) electrons. The van der Waals surface area contributed by atoms with E-state index in [1.165, 1.54) is 5.56 Å². The van der Waals surface area contributed by atoms with E-state index in [0.29, 0.717) is 0 Å². The summed E-state index contributed by atoms with van der Waals surface area (Å²) < 4.78 is 0. The van der Waals surface area contributed by atoms with E-state index in [-0.39, 0.29) is 5.41 Å². The fraction of sp³-hybridized carbons (Fsp3) is 0.455. The van der Waals surface area contributed by atoms with Crippen molar-refractivity contribution in [3.8, 4) is 0 Å². The van der Waals surface area contributed by atoms with Gasteiger partial charge < -0.3 is 0 Å². The van der Waals surface area contributed by atoms with Crippen molar-refractivity contribution in [1.82, 2.24) is 0 Å². The van der Waals surface area contributed by atoms with E-state index in [2.05, 4.69) is 25.9 Å². The molecule has 0 aliphatic heterocycles. The maximum Gasteiger partial charge on any atom is 0.190 e. The van der Waals surface area contributed by atoms with Crippen LogP contribution >= 0.6 is 11.6 Å². The van der Waals surface area contributed by atoms with Crippen LogP contribution in [0, 0.1) is 4.91 Å². The lowest BCUT2D eigenvalue weighted by Gasteiger charge is -2.19. The first-order chi connectivity index (χ1) is 6.45. The summed E-state index contributed by atoms with van der Waals surface area (Å²) in [4.78, 5) is 10.2. The molecule has 1 unspecified atom stereocenters. The zero-order valence-corrected chi connectivity index (χ0v) is 9.38. The van der Waals surface area contributed by atoms with Crippen LogP contribution in [-0.4, -0.2) is 0 Å². The average Bonchev–Trinajstić information content (AvgIpc) is 2.15. The smallest absolute Gasteiger partial charge is 0.149 e. The Hall–Kier alpha value is -0.890. The van der Waals surface area contributed by atoms with Gasteiger partial charge in [0.1, 0.15) is 0 Å². The minimum Gasteiger partial charge on any atom is -0.149 e. The Balaban J connectivity index is 2.95. The molecule has 1 atom stereocenters. The number of alkyl halides is 1. The number of hydrogen-bond donors (Lipinski definition) is 0. The number of nitroso groups, excluding NO2 is 1. The van der Waals surface area contributed by atoms with E-state index in [1.807, 2.05) is 24.3 Å². The molecule has 1 aromatic carbocycles. The summed E-state index contributed by atoms with van der Waals surface area (Å²) in [5, 5.41) is 2.77. The quantitative estimate of drug-likeness (QED) is 0.413. The summed E-state index contributed by atoms with van der Waals surface area (Å²) in [5.74, 6) is 0. The van der Waals surface area contributed by atoms with Crippen molar-refractivity contribution in [3.05, 3.63) is 40.3 Å². The molecule has 1 aromatic rings. The van der Waals surface area contributed by atoms with Gasteiger partial charge in [0.15, 0.2) is 5.50 Å². The molecule has 0 bridgehead atoms. The fourth-order valence-electron chi connectivity index (χ4n) is 1.20. The molecule has 0 amide bonds. The van der Waals surface area contributed by atoms with Crippen LogP contribution in [0.3, 0.4) is 0 Å². The lowest BCUT2D eigenvalue weighted by molar-refractivity contribution is 0.590. The summed E-state index contributed by atoms with van der Waals surface area (Å²) in [6.45, 7) is 6.41. The zero-order valence-electron chi connectivity index (χ0n) is 8.62. The highest BCUT2D eigenvalue weighted by molar-refractivity contribution is 6.20. The summed E-state index contributed by atoms with van der Waals surface area (Å²) >= 11 is 5.68. The van der Waals surface area contributed by atoms with Gasteiger partial charge in [0.05, 0.1) is 0 Å². The minimum atomic E-state index is -0.774. The molecule has 0 spiro atoms. The van der Waals surface area contributed by atoms with Gasteiger partial charge in [0.25, 0.3) is 0 Å². The molecule has 0 aliphatic carbocycles. The van der Waals surface area contributed by atoms with Gasteiger partial charge in [-0.1, -0.05) is 56.6 Å². The molecule has 0 aromatic heterocycles. The SMILES string of the molecule is CC(C)(C)c1ccc(C(Cl)N=O)cc1. The van der Waals surface area contributed by atoms with Crippen molar-refractivity contribution in [2.75, 3.05) is 0 Å². The molecule has 0 fully saturated rings. The molecule has 1 rings (SSSR count). The van der Waals surface area contributed by atoms with Gasteiger partial charge in [-0.15, -0.1) is 4.91 Å². The first-order valence-electron chi connectivity index (χ1n) is 4.52. The van der Waals surface area contributed by atoms with Crippen LogP contribution in [-0.2, 0) is 5.41 Å². The fourth-order valence-corrected chi connectivity index (χ4v) is 1.35. The van der Waals surface area contributed by atoms with Gasteiger partial charge in [-0.25, -0.2) is 0 Å². The first-order valence-corrected chi connectivity index (χ1v) is 4.96. The molecule has 14 heavy (non-hydrogen) atoms. The molecule has 0 aliphatic rings. The average molecular weight is 212 g/mol. The highest BCUT2D eigenvalue weighted by atomic mass is 35.5. The van der Waals surface area contributed by atoms with Crippen LogP contribution in [0.5, 0.6) is 0 Å². The highest BCUT2D eigenvalue weighted by Gasteiger charge is 2.14. The summed E-state index contributed by atoms with van der Waals surface area (Å²) in [7, 11) is 0. The van der Waals surface area contributed by atoms with Gasteiger partial charge >= 0.3 is 0 Å². The molecule has 3 heteroatoms. The third-order valence-corrected chi connectivity index (χ3v) is 2.48. The number of nitrogens with zero attached hydrogens (tertiary/aromatic N) is 1. The maximum absolute atomic E-state index is 10.2. The van der Waals surface area contributed by atoms with E-state index in [4.69, 9.17) is 11.6 Å². The highest BCUT2D eigenvalue weighted by Crippen LogP contribution is 2.26. The third-order valence-electron chi connectivity index (χ3n) is 2.14. The van der Waals surface area contributed by atoms with E-state index in [0.717, 1.165) is 5.56 Å². The minimum absolute atomic E-state index is 0.120. The molecule has 0 N–H and O–H groups in total. The topological polar surface area (TPSA) is 29.4 Å². The van der Waals surface area contributed by atoms with Gasteiger partial charge in [0, 0.05) is 0 Å². The second-order valence-corrected chi connectivity index (χ2v) is 4.73. The molecule has 0 heterocycles.